The number of rotatable bonds is 2. The Hall–Kier alpha value is -2.19. The Morgan fingerprint density at radius 3 is 2.64 bits per heavy atom. The number of aromatic nitrogens is 1. The van der Waals surface area contributed by atoms with Crippen LogP contribution in [0.2, 0.25) is 0 Å². The van der Waals surface area contributed by atoms with Crippen LogP contribution >= 0.6 is 0 Å². The van der Waals surface area contributed by atoms with Gasteiger partial charge in [-0.2, -0.15) is 0 Å². The molecule has 2 aromatic rings. The Labute approximate surface area is 146 Å². The highest BCUT2D eigenvalue weighted by molar-refractivity contribution is 7.91. The number of benzene rings is 1. The minimum Gasteiger partial charge on any atom is -0.355 e. The molecule has 0 saturated carbocycles. The van der Waals surface area contributed by atoms with Gasteiger partial charge in [-0.1, -0.05) is 35.5 Å². The lowest BCUT2D eigenvalue weighted by molar-refractivity contribution is 0.0401. The van der Waals surface area contributed by atoms with Crippen LogP contribution in [0, 0.1) is 0 Å². The van der Waals surface area contributed by atoms with E-state index in [0.29, 0.717) is 18.8 Å². The minimum atomic E-state index is -3.13. The first-order valence-electron chi connectivity index (χ1n) is 8.18. The van der Waals surface area contributed by atoms with E-state index in [-0.39, 0.29) is 35.2 Å². The standard InChI is InChI=1S/C17H19N3O4S/c1-19-7-8-20(15-11-25(22,23)10-14(15)19)17(21)13-9-16(24-18-13)12-5-3-2-4-6-12/h2-6,9,14-15H,7-8,10-11H2,1H3/t14-,15+/m1/s1. The maximum Gasteiger partial charge on any atom is 0.276 e. The van der Waals surface area contributed by atoms with Crippen LogP contribution in [0.25, 0.3) is 11.3 Å². The van der Waals surface area contributed by atoms with Gasteiger partial charge < -0.3 is 9.42 Å². The summed E-state index contributed by atoms with van der Waals surface area (Å²) in [6, 6.07) is 10.6. The molecule has 0 bridgehead atoms. The predicted molar refractivity (Wildman–Crippen MR) is 91.8 cm³/mol. The molecule has 2 atom stereocenters. The lowest BCUT2D eigenvalue weighted by atomic mass is 10.0. The molecule has 3 heterocycles. The summed E-state index contributed by atoms with van der Waals surface area (Å²) in [4.78, 5) is 16.6. The van der Waals surface area contributed by atoms with Crippen molar-refractivity contribution in [3.8, 4) is 11.3 Å². The zero-order valence-electron chi connectivity index (χ0n) is 13.8. The monoisotopic (exact) mass is 361 g/mol. The zero-order chi connectivity index (χ0) is 17.6. The van der Waals surface area contributed by atoms with E-state index in [9.17, 15) is 13.2 Å². The number of fused-ring (bicyclic) bond motifs is 1. The fraction of sp³-hybridized carbons (Fsp3) is 0.412. The number of hydrogen-bond donors (Lipinski definition) is 0. The van der Waals surface area contributed by atoms with Crippen molar-refractivity contribution in [1.29, 1.82) is 0 Å². The number of carbonyl (C=O) groups is 1. The molecule has 0 unspecified atom stereocenters. The molecule has 2 fully saturated rings. The van der Waals surface area contributed by atoms with Gasteiger partial charge in [0, 0.05) is 30.8 Å². The number of sulfone groups is 1. The number of likely N-dealkylation sites (N-methyl/N-ethyl adjacent to an activating group) is 1. The molecule has 1 amide bonds. The fourth-order valence-electron chi connectivity index (χ4n) is 3.64. The minimum absolute atomic E-state index is 0.0111. The molecule has 0 aliphatic carbocycles. The third kappa shape index (κ3) is 2.96. The molecular weight excluding hydrogens is 342 g/mol. The van der Waals surface area contributed by atoms with Crippen LogP contribution in [-0.4, -0.2) is 73.0 Å². The molecule has 8 heteroatoms. The third-order valence-electron chi connectivity index (χ3n) is 5.00. The molecule has 2 saturated heterocycles. The van der Waals surface area contributed by atoms with Crippen LogP contribution in [0.1, 0.15) is 10.5 Å². The first-order valence-corrected chi connectivity index (χ1v) is 10.0. The van der Waals surface area contributed by atoms with Crippen molar-refractivity contribution >= 4 is 15.7 Å². The molecular formula is C17H19N3O4S. The topological polar surface area (TPSA) is 83.7 Å². The summed E-state index contributed by atoms with van der Waals surface area (Å²) in [5.41, 5.74) is 1.06. The Balaban J connectivity index is 1.60. The second-order valence-electron chi connectivity index (χ2n) is 6.63. The van der Waals surface area contributed by atoms with Crippen LogP contribution in [0.3, 0.4) is 0 Å². The van der Waals surface area contributed by atoms with Gasteiger partial charge in [-0.3, -0.25) is 9.69 Å². The molecule has 25 heavy (non-hydrogen) atoms. The van der Waals surface area contributed by atoms with Gasteiger partial charge in [0.15, 0.2) is 21.3 Å². The van der Waals surface area contributed by atoms with E-state index in [0.717, 1.165) is 5.56 Å². The van der Waals surface area contributed by atoms with Gasteiger partial charge in [0.2, 0.25) is 0 Å². The van der Waals surface area contributed by atoms with Crippen molar-refractivity contribution in [1.82, 2.24) is 15.0 Å². The van der Waals surface area contributed by atoms with E-state index in [1.807, 2.05) is 42.3 Å². The summed E-state index contributed by atoms with van der Waals surface area (Å²) in [6.07, 6.45) is 0. The van der Waals surface area contributed by atoms with Crippen LogP contribution in [0.15, 0.2) is 40.9 Å². The number of carbonyl (C=O) groups excluding carboxylic acids is 1. The number of nitrogens with zero attached hydrogens (tertiary/aromatic N) is 3. The summed E-state index contributed by atoms with van der Waals surface area (Å²) in [5, 5.41) is 3.91. The van der Waals surface area contributed by atoms with Crippen LogP contribution in [-0.2, 0) is 9.84 Å². The predicted octanol–water partition coefficient (Wildman–Crippen LogP) is 0.895. The van der Waals surface area contributed by atoms with E-state index in [2.05, 4.69) is 5.16 Å². The van der Waals surface area contributed by atoms with Gasteiger partial charge in [0.1, 0.15) is 0 Å². The molecule has 1 aromatic carbocycles. The summed E-state index contributed by atoms with van der Waals surface area (Å²) >= 11 is 0. The first-order chi connectivity index (χ1) is 11.9. The lowest BCUT2D eigenvalue weighted by Crippen LogP contribution is -2.59. The van der Waals surface area contributed by atoms with E-state index in [4.69, 9.17) is 4.52 Å². The molecule has 132 valence electrons. The van der Waals surface area contributed by atoms with Crippen molar-refractivity contribution in [2.24, 2.45) is 0 Å². The average molecular weight is 361 g/mol. The molecule has 2 aliphatic heterocycles. The van der Waals surface area contributed by atoms with E-state index in [1.54, 1.807) is 11.0 Å². The molecule has 7 nitrogen and oxygen atoms in total. The van der Waals surface area contributed by atoms with E-state index in [1.165, 1.54) is 0 Å². The van der Waals surface area contributed by atoms with Crippen molar-refractivity contribution in [2.75, 3.05) is 31.6 Å². The fourth-order valence-corrected chi connectivity index (χ4v) is 5.70. The zero-order valence-corrected chi connectivity index (χ0v) is 14.6. The maximum absolute atomic E-state index is 12.9. The van der Waals surface area contributed by atoms with E-state index >= 15 is 0 Å². The highest BCUT2D eigenvalue weighted by atomic mass is 32.2. The molecule has 0 spiro atoms. The van der Waals surface area contributed by atoms with Crippen molar-refractivity contribution in [3.63, 3.8) is 0 Å². The second-order valence-corrected chi connectivity index (χ2v) is 8.79. The van der Waals surface area contributed by atoms with E-state index < -0.39 is 9.84 Å². The SMILES string of the molecule is CN1CCN(C(=O)c2cc(-c3ccccc3)on2)[C@H]2CS(=O)(=O)C[C@H]21. The Morgan fingerprint density at radius 1 is 1.16 bits per heavy atom. The molecule has 0 N–H and O–H groups in total. The molecule has 0 radical (unpaired) electrons. The third-order valence-corrected chi connectivity index (χ3v) is 6.70. The Kier molecular flexibility index (Phi) is 3.88. The summed E-state index contributed by atoms with van der Waals surface area (Å²) in [7, 11) is -1.22. The van der Waals surface area contributed by atoms with Gasteiger partial charge in [0.25, 0.3) is 5.91 Å². The lowest BCUT2D eigenvalue weighted by Gasteiger charge is -2.41. The Morgan fingerprint density at radius 2 is 1.88 bits per heavy atom. The molecule has 1 aromatic heterocycles. The van der Waals surface area contributed by atoms with Gasteiger partial charge >= 0.3 is 0 Å². The number of hydrogen-bond acceptors (Lipinski definition) is 6. The van der Waals surface area contributed by atoms with Crippen LogP contribution in [0.4, 0.5) is 0 Å². The molecule has 2 aliphatic rings. The highest BCUT2D eigenvalue weighted by Gasteiger charge is 2.47. The highest BCUT2D eigenvalue weighted by Crippen LogP contribution is 2.28. The second kappa shape index (κ2) is 5.96. The smallest absolute Gasteiger partial charge is 0.276 e. The Bertz CT molecular complexity index is 894. The summed E-state index contributed by atoms with van der Waals surface area (Å²) in [6.45, 7) is 1.13. The molecule has 4 rings (SSSR count). The average Bonchev–Trinajstić information content (AvgIpc) is 3.20. The maximum atomic E-state index is 12.9. The largest absolute Gasteiger partial charge is 0.355 e. The van der Waals surface area contributed by atoms with Crippen molar-refractivity contribution in [2.45, 2.75) is 12.1 Å². The van der Waals surface area contributed by atoms with Crippen molar-refractivity contribution < 1.29 is 17.7 Å². The number of amides is 1. The number of piperazine rings is 1. The summed E-state index contributed by atoms with van der Waals surface area (Å²) < 4.78 is 29.4. The van der Waals surface area contributed by atoms with Crippen LogP contribution < -0.4 is 0 Å². The van der Waals surface area contributed by atoms with Gasteiger partial charge in [-0.25, -0.2) is 8.42 Å². The van der Waals surface area contributed by atoms with Gasteiger partial charge in [0.05, 0.1) is 17.5 Å². The quantitative estimate of drug-likeness (QED) is 0.790. The normalized spacial score (nSPS) is 25.7. The van der Waals surface area contributed by atoms with Gasteiger partial charge in [-0.15, -0.1) is 0 Å². The van der Waals surface area contributed by atoms with Crippen molar-refractivity contribution in [3.05, 3.63) is 42.1 Å². The van der Waals surface area contributed by atoms with Crippen LogP contribution in [0.5, 0.6) is 0 Å². The first kappa shape index (κ1) is 16.3. The van der Waals surface area contributed by atoms with Gasteiger partial charge in [-0.05, 0) is 7.05 Å². The summed E-state index contributed by atoms with van der Waals surface area (Å²) in [5.74, 6) is 0.364.